The average molecular weight is 292 g/mol. The zero-order valence-corrected chi connectivity index (χ0v) is 14.5. The van der Waals surface area contributed by atoms with Crippen molar-refractivity contribution in [1.82, 2.24) is 0 Å². The summed E-state index contributed by atoms with van der Waals surface area (Å²) in [7, 11) is 1.33. The summed E-state index contributed by atoms with van der Waals surface area (Å²) in [5, 5.41) is 0. The molecule has 0 aliphatic carbocycles. The zero-order valence-electron chi connectivity index (χ0n) is 14.5. The van der Waals surface area contributed by atoms with Gasteiger partial charge in [0.15, 0.2) is 0 Å². The molecule has 0 aromatic heterocycles. The Labute approximate surface area is 130 Å². The minimum Gasteiger partial charge on any atom is -0.497 e. The van der Waals surface area contributed by atoms with Crippen LogP contribution in [0.25, 0.3) is 0 Å². The molecule has 0 radical (unpaired) electrons. The molecule has 1 rings (SSSR count). The van der Waals surface area contributed by atoms with Crippen molar-refractivity contribution >= 4 is 12.6 Å². The normalized spacial score (nSPS) is 12.3. The highest BCUT2D eigenvalue weighted by Gasteiger charge is 2.26. The fourth-order valence-corrected chi connectivity index (χ4v) is 1.65. The van der Waals surface area contributed by atoms with Crippen molar-refractivity contribution < 1.29 is 14.0 Å². The van der Waals surface area contributed by atoms with Crippen molar-refractivity contribution in [3.63, 3.8) is 0 Å². The van der Waals surface area contributed by atoms with Gasteiger partial charge in [-0.3, -0.25) is 0 Å². The SMILES string of the molecule is COc1ccc(B(OCC(C)(C)C)OCC(C)(C)C)cc1. The number of hydrogen-bond donors (Lipinski definition) is 0. The molecule has 0 saturated carbocycles. The molecule has 4 heteroatoms. The molecule has 0 fully saturated rings. The molecular weight excluding hydrogens is 263 g/mol. The molecule has 1 aromatic rings. The van der Waals surface area contributed by atoms with Crippen LogP contribution in [0.4, 0.5) is 0 Å². The van der Waals surface area contributed by atoms with E-state index in [1.54, 1.807) is 7.11 Å². The van der Waals surface area contributed by atoms with Gasteiger partial charge < -0.3 is 14.0 Å². The standard InChI is InChI=1S/C17H29BO3/c1-16(2,3)12-20-18(21-13-17(4,5)6)14-8-10-15(19-7)11-9-14/h8-11H,12-13H2,1-7H3. The Balaban J connectivity index is 2.78. The molecule has 0 aliphatic heterocycles. The van der Waals surface area contributed by atoms with E-state index < -0.39 is 0 Å². The van der Waals surface area contributed by atoms with E-state index in [-0.39, 0.29) is 17.9 Å². The van der Waals surface area contributed by atoms with Crippen LogP contribution < -0.4 is 10.2 Å². The van der Waals surface area contributed by atoms with E-state index >= 15 is 0 Å². The molecule has 0 spiro atoms. The summed E-state index contributed by atoms with van der Waals surface area (Å²) in [6.07, 6.45) is 0. The molecule has 0 unspecified atom stereocenters. The van der Waals surface area contributed by atoms with E-state index in [0.29, 0.717) is 13.2 Å². The quantitative estimate of drug-likeness (QED) is 0.751. The van der Waals surface area contributed by atoms with Gasteiger partial charge in [-0.05, 0) is 28.4 Å². The molecule has 0 heterocycles. The van der Waals surface area contributed by atoms with Crippen molar-refractivity contribution in [3.8, 4) is 5.75 Å². The Morgan fingerprint density at radius 3 is 1.57 bits per heavy atom. The predicted octanol–water partition coefficient (Wildman–Crippen LogP) is 3.52. The molecule has 1 aromatic carbocycles. The van der Waals surface area contributed by atoms with Crippen LogP contribution in [-0.2, 0) is 9.31 Å². The number of ether oxygens (including phenoxy) is 1. The third-order valence-corrected chi connectivity index (χ3v) is 2.72. The first-order chi connectivity index (χ1) is 9.61. The second-order valence-electron chi connectivity index (χ2n) is 7.85. The van der Waals surface area contributed by atoms with Crippen molar-refractivity contribution in [3.05, 3.63) is 24.3 Å². The minimum absolute atomic E-state index is 0.107. The lowest BCUT2D eigenvalue weighted by Gasteiger charge is -2.25. The first-order valence-corrected chi connectivity index (χ1v) is 7.48. The Bertz CT molecular complexity index is 397. The van der Waals surface area contributed by atoms with Crippen LogP contribution in [0.2, 0.25) is 0 Å². The minimum atomic E-state index is -0.339. The second kappa shape index (κ2) is 7.32. The number of methoxy groups -OCH3 is 1. The lowest BCUT2D eigenvalue weighted by Crippen LogP contribution is -2.41. The van der Waals surface area contributed by atoms with Gasteiger partial charge >= 0.3 is 7.12 Å². The smallest absolute Gasteiger partial charge is 0.493 e. The molecular formula is C17H29BO3. The van der Waals surface area contributed by atoms with Crippen LogP contribution >= 0.6 is 0 Å². The predicted molar refractivity (Wildman–Crippen MR) is 89.2 cm³/mol. The Hall–Kier alpha value is -0.995. The molecule has 0 aliphatic rings. The molecule has 0 saturated heterocycles. The molecule has 0 N–H and O–H groups in total. The molecule has 21 heavy (non-hydrogen) atoms. The van der Waals surface area contributed by atoms with Gasteiger partial charge in [0.25, 0.3) is 0 Å². The molecule has 0 bridgehead atoms. The number of rotatable bonds is 6. The maximum atomic E-state index is 6.00. The van der Waals surface area contributed by atoms with Gasteiger partial charge in [-0.25, -0.2) is 0 Å². The van der Waals surface area contributed by atoms with Crippen molar-refractivity contribution in [2.45, 2.75) is 41.5 Å². The summed E-state index contributed by atoms with van der Waals surface area (Å²) in [6.45, 7) is 14.2. The van der Waals surface area contributed by atoms with Gasteiger partial charge in [0.1, 0.15) is 5.75 Å². The van der Waals surface area contributed by atoms with E-state index in [9.17, 15) is 0 Å². The lowest BCUT2D eigenvalue weighted by molar-refractivity contribution is 0.119. The Morgan fingerprint density at radius 2 is 1.24 bits per heavy atom. The van der Waals surface area contributed by atoms with Gasteiger partial charge in [0.05, 0.1) is 7.11 Å². The van der Waals surface area contributed by atoms with Gasteiger partial charge in [-0.1, -0.05) is 53.7 Å². The molecule has 118 valence electrons. The summed E-state index contributed by atoms with van der Waals surface area (Å²) in [5.41, 5.74) is 1.23. The van der Waals surface area contributed by atoms with E-state index in [1.807, 2.05) is 24.3 Å². The summed E-state index contributed by atoms with van der Waals surface area (Å²) in [6, 6.07) is 7.86. The Morgan fingerprint density at radius 1 is 0.810 bits per heavy atom. The maximum Gasteiger partial charge on any atom is 0.493 e. The maximum absolute atomic E-state index is 6.00. The summed E-state index contributed by atoms with van der Waals surface area (Å²) in [5.74, 6) is 0.837. The molecule has 3 nitrogen and oxygen atoms in total. The van der Waals surface area contributed by atoms with E-state index in [1.165, 1.54) is 0 Å². The third-order valence-electron chi connectivity index (χ3n) is 2.72. The van der Waals surface area contributed by atoms with Crippen LogP contribution in [0.5, 0.6) is 5.75 Å². The van der Waals surface area contributed by atoms with Gasteiger partial charge in [0.2, 0.25) is 0 Å². The van der Waals surface area contributed by atoms with Crippen molar-refractivity contribution in [1.29, 1.82) is 0 Å². The van der Waals surface area contributed by atoms with E-state index in [2.05, 4.69) is 41.5 Å². The van der Waals surface area contributed by atoms with Gasteiger partial charge in [-0.2, -0.15) is 0 Å². The highest BCUT2D eigenvalue weighted by Crippen LogP contribution is 2.17. The zero-order chi connectivity index (χ0) is 16.1. The third kappa shape index (κ3) is 7.54. The number of hydrogen-bond acceptors (Lipinski definition) is 3. The highest BCUT2D eigenvalue weighted by molar-refractivity contribution is 6.61. The molecule has 0 amide bonds. The fraction of sp³-hybridized carbons (Fsp3) is 0.647. The van der Waals surface area contributed by atoms with Crippen LogP contribution in [0.15, 0.2) is 24.3 Å². The van der Waals surface area contributed by atoms with Crippen LogP contribution in [0, 0.1) is 10.8 Å². The topological polar surface area (TPSA) is 27.7 Å². The van der Waals surface area contributed by atoms with Crippen molar-refractivity contribution in [2.75, 3.05) is 20.3 Å². The van der Waals surface area contributed by atoms with Crippen LogP contribution in [0.1, 0.15) is 41.5 Å². The van der Waals surface area contributed by atoms with E-state index in [0.717, 1.165) is 11.2 Å². The second-order valence-corrected chi connectivity index (χ2v) is 7.85. The van der Waals surface area contributed by atoms with Gasteiger partial charge in [-0.15, -0.1) is 0 Å². The van der Waals surface area contributed by atoms with E-state index in [4.69, 9.17) is 14.0 Å². The summed E-state index contributed by atoms with van der Waals surface area (Å²) in [4.78, 5) is 0. The lowest BCUT2D eigenvalue weighted by atomic mass is 9.77. The number of benzene rings is 1. The fourth-order valence-electron chi connectivity index (χ4n) is 1.65. The first-order valence-electron chi connectivity index (χ1n) is 7.48. The van der Waals surface area contributed by atoms with Crippen LogP contribution in [-0.4, -0.2) is 27.4 Å². The highest BCUT2D eigenvalue weighted by atomic mass is 16.6. The summed E-state index contributed by atoms with van der Waals surface area (Å²) >= 11 is 0. The van der Waals surface area contributed by atoms with Crippen LogP contribution in [0.3, 0.4) is 0 Å². The first kappa shape index (κ1) is 18.1. The summed E-state index contributed by atoms with van der Waals surface area (Å²) < 4.78 is 17.2. The monoisotopic (exact) mass is 292 g/mol. The van der Waals surface area contributed by atoms with Crippen molar-refractivity contribution in [2.24, 2.45) is 10.8 Å². The van der Waals surface area contributed by atoms with Gasteiger partial charge in [0, 0.05) is 13.2 Å². The molecule has 0 atom stereocenters. The average Bonchev–Trinajstić information content (AvgIpc) is 2.36. The Kier molecular flexibility index (Phi) is 6.30. The largest absolute Gasteiger partial charge is 0.497 e.